The Morgan fingerprint density at radius 2 is 1.80 bits per heavy atom. The van der Waals surface area contributed by atoms with Gasteiger partial charge in [0.2, 0.25) is 15.9 Å². The zero-order valence-corrected chi connectivity index (χ0v) is 17.3. The van der Waals surface area contributed by atoms with Crippen molar-refractivity contribution < 1.29 is 17.6 Å². The highest BCUT2D eigenvalue weighted by Gasteiger charge is 2.21. The first-order valence-electron chi connectivity index (χ1n) is 9.31. The van der Waals surface area contributed by atoms with Gasteiger partial charge >= 0.3 is 0 Å². The first-order chi connectivity index (χ1) is 14.3. The number of anilines is 1. The molecule has 0 bridgehead atoms. The third-order valence-corrected chi connectivity index (χ3v) is 6.65. The van der Waals surface area contributed by atoms with Crippen molar-refractivity contribution in [2.45, 2.75) is 25.3 Å². The first kappa shape index (κ1) is 21.6. The van der Waals surface area contributed by atoms with E-state index in [1.807, 2.05) is 0 Å². The highest BCUT2D eigenvalue weighted by atomic mass is 32.2. The van der Waals surface area contributed by atoms with E-state index in [9.17, 15) is 22.4 Å². The maximum absolute atomic E-state index is 13.4. The molecular formula is C20H21FN4O4S. The predicted octanol–water partition coefficient (Wildman–Crippen LogP) is 2.20. The highest BCUT2D eigenvalue weighted by molar-refractivity contribution is 7.89. The van der Waals surface area contributed by atoms with Crippen LogP contribution in [0.5, 0.6) is 0 Å². The van der Waals surface area contributed by atoms with Crippen molar-refractivity contribution >= 4 is 32.5 Å². The third-order valence-electron chi connectivity index (χ3n) is 4.58. The van der Waals surface area contributed by atoms with Gasteiger partial charge in [0.25, 0.3) is 5.56 Å². The zero-order valence-electron chi connectivity index (χ0n) is 16.5. The van der Waals surface area contributed by atoms with Crippen LogP contribution in [0.4, 0.5) is 10.1 Å². The van der Waals surface area contributed by atoms with Crippen LogP contribution in [0.2, 0.25) is 0 Å². The maximum atomic E-state index is 13.4. The summed E-state index contributed by atoms with van der Waals surface area (Å²) in [6.45, 7) is 3.91. The van der Waals surface area contributed by atoms with Crippen LogP contribution in [0, 0.1) is 5.82 Å². The van der Waals surface area contributed by atoms with Crippen LogP contribution < -0.4 is 10.9 Å². The van der Waals surface area contributed by atoms with Gasteiger partial charge in [0.1, 0.15) is 12.4 Å². The van der Waals surface area contributed by atoms with E-state index >= 15 is 0 Å². The average molecular weight is 432 g/mol. The predicted molar refractivity (Wildman–Crippen MR) is 111 cm³/mol. The number of nitrogens with zero attached hydrogens (tertiary/aromatic N) is 3. The summed E-state index contributed by atoms with van der Waals surface area (Å²) in [6, 6.07) is 9.45. The molecule has 0 saturated heterocycles. The second kappa shape index (κ2) is 8.72. The van der Waals surface area contributed by atoms with Crippen LogP contribution in [0.25, 0.3) is 10.9 Å². The molecule has 1 aromatic heterocycles. The summed E-state index contributed by atoms with van der Waals surface area (Å²) < 4.78 is 40.8. The van der Waals surface area contributed by atoms with Gasteiger partial charge in [-0.15, -0.1) is 0 Å². The van der Waals surface area contributed by atoms with Crippen molar-refractivity contribution in [1.82, 2.24) is 13.9 Å². The lowest BCUT2D eigenvalue weighted by Gasteiger charge is -2.18. The second-order valence-corrected chi connectivity index (χ2v) is 8.44. The van der Waals surface area contributed by atoms with Gasteiger partial charge in [-0.1, -0.05) is 13.8 Å². The van der Waals surface area contributed by atoms with E-state index in [-0.39, 0.29) is 16.8 Å². The molecular weight excluding hydrogens is 411 g/mol. The first-order valence-corrected chi connectivity index (χ1v) is 10.7. The summed E-state index contributed by atoms with van der Waals surface area (Å²) in [7, 11) is -3.59. The lowest BCUT2D eigenvalue weighted by Crippen LogP contribution is -2.30. The fourth-order valence-corrected chi connectivity index (χ4v) is 4.48. The number of hydrogen-bond donors (Lipinski definition) is 1. The largest absolute Gasteiger partial charge is 0.325 e. The summed E-state index contributed by atoms with van der Waals surface area (Å²) >= 11 is 0. The van der Waals surface area contributed by atoms with Crippen LogP contribution in [-0.4, -0.2) is 41.3 Å². The van der Waals surface area contributed by atoms with E-state index in [1.165, 1.54) is 47.0 Å². The molecule has 0 aliphatic carbocycles. The fraction of sp³-hybridized carbons (Fsp3) is 0.250. The molecule has 0 unspecified atom stereocenters. The highest BCUT2D eigenvalue weighted by Crippen LogP contribution is 2.18. The summed E-state index contributed by atoms with van der Waals surface area (Å²) in [6.07, 6.45) is 1.22. The number of benzene rings is 2. The lowest BCUT2D eigenvalue weighted by molar-refractivity contribution is -0.116. The molecule has 10 heteroatoms. The Morgan fingerprint density at radius 1 is 1.13 bits per heavy atom. The van der Waals surface area contributed by atoms with Crippen molar-refractivity contribution in [3.63, 3.8) is 0 Å². The van der Waals surface area contributed by atoms with Gasteiger partial charge < -0.3 is 5.32 Å². The van der Waals surface area contributed by atoms with E-state index in [1.54, 1.807) is 13.8 Å². The molecule has 1 N–H and O–H groups in total. The molecule has 0 spiro atoms. The van der Waals surface area contributed by atoms with Gasteiger partial charge in [-0.05, 0) is 42.5 Å². The van der Waals surface area contributed by atoms with E-state index in [0.717, 1.165) is 10.6 Å². The monoisotopic (exact) mass is 432 g/mol. The summed E-state index contributed by atoms with van der Waals surface area (Å²) in [5, 5.41) is 2.68. The topological polar surface area (TPSA) is 101 Å². The van der Waals surface area contributed by atoms with Crippen molar-refractivity contribution in [2.75, 3.05) is 18.4 Å². The molecule has 3 rings (SSSR count). The number of halogens is 1. The molecule has 0 radical (unpaired) electrons. The molecule has 8 nitrogen and oxygen atoms in total. The summed E-state index contributed by atoms with van der Waals surface area (Å²) in [5.41, 5.74) is 0.185. The van der Waals surface area contributed by atoms with E-state index in [4.69, 9.17) is 0 Å². The number of hydrogen-bond acceptors (Lipinski definition) is 5. The van der Waals surface area contributed by atoms with E-state index < -0.39 is 27.3 Å². The third kappa shape index (κ3) is 4.39. The van der Waals surface area contributed by atoms with Gasteiger partial charge in [0, 0.05) is 18.8 Å². The molecule has 0 aliphatic rings. The van der Waals surface area contributed by atoms with E-state index in [0.29, 0.717) is 24.3 Å². The van der Waals surface area contributed by atoms with Crippen molar-refractivity contribution in [1.29, 1.82) is 0 Å². The Labute approximate surface area is 173 Å². The van der Waals surface area contributed by atoms with Gasteiger partial charge in [0.05, 0.1) is 22.1 Å². The van der Waals surface area contributed by atoms with Gasteiger partial charge in [0.15, 0.2) is 0 Å². The molecule has 2 aromatic carbocycles. The average Bonchev–Trinajstić information content (AvgIpc) is 2.71. The molecule has 1 amide bonds. The minimum Gasteiger partial charge on any atom is -0.325 e. The number of amides is 1. The molecule has 3 aromatic rings. The summed E-state index contributed by atoms with van der Waals surface area (Å²) in [5.74, 6) is -1.07. The van der Waals surface area contributed by atoms with Crippen molar-refractivity contribution in [3.05, 3.63) is 65.0 Å². The Bertz CT molecular complexity index is 1240. The Kier molecular flexibility index (Phi) is 6.28. The number of rotatable bonds is 7. The molecule has 1 heterocycles. The zero-order chi connectivity index (χ0) is 21.9. The SMILES string of the molecule is CCN(CC)S(=O)(=O)c1ccc(NC(=O)Cn2cnc3ccc(F)cc3c2=O)cc1. The van der Waals surface area contributed by atoms with Crippen LogP contribution in [0.15, 0.2) is 58.5 Å². The van der Waals surface area contributed by atoms with E-state index in [2.05, 4.69) is 10.3 Å². The molecule has 0 atom stereocenters. The quantitative estimate of drug-likeness (QED) is 0.617. The molecule has 0 aliphatic heterocycles. The standard InChI is InChI=1S/C20H21FN4O4S/c1-3-25(4-2)30(28,29)16-8-6-15(7-9-16)23-19(26)12-24-13-22-18-10-5-14(21)11-17(18)20(24)27/h5-11,13H,3-4,12H2,1-2H3,(H,23,26). The molecule has 30 heavy (non-hydrogen) atoms. The number of nitrogens with one attached hydrogen (secondary N) is 1. The Balaban J connectivity index is 1.75. The number of carbonyl (C=O) groups is 1. The van der Waals surface area contributed by atoms with Gasteiger partial charge in [-0.2, -0.15) is 4.31 Å². The van der Waals surface area contributed by atoms with Crippen LogP contribution >= 0.6 is 0 Å². The van der Waals surface area contributed by atoms with Crippen LogP contribution in [-0.2, 0) is 21.4 Å². The van der Waals surface area contributed by atoms with Crippen molar-refractivity contribution in [2.24, 2.45) is 0 Å². The fourth-order valence-electron chi connectivity index (χ4n) is 3.02. The maximum Gasteiger partial charge on any atom is 0.261 e. The van der Waals surface area contributed by atoms with Gasteiger partial charge in [-0.25, -0.2) is 17.8 Å². The minimum atomic E-state index is -3.59. The molecule has 0 fully saturated rings. The molecule has 0 saturated carbocycles. The Morgan fingerprint density at radius 3 is 2.43 bits per heavy atom. The number of sulfonamides is 1. The second-order valence-electron chi connectivity index (χ2n) is 6.50. The van der Waals surface area contributed by atoms with Crippen LogP contribution in [0.3, 0.4) is 0 Å². The minimum absolute atomic E-state index is 0.0799. The summed E-state index contributed by atoms with van der Waals surface area (Å²) in [4.78, 5) is 29.0. The van der Waals surface area contributed by atoms with Crippen molar-refractivity contribution in [3.8, 4) is 0 Å². The van der Waals surface area contributed by atoms with Gasteiger partial charge in [-0.3, -0.25) is 14.2 Å². The number of aromatic nitrogens is 2. The normalized spacial score (nSPS) is 11.7. The number of fused-ring (bicyclic) bond motifs is 1. The Hall–Kier alpha value is -3.11. The molecule has 158 valence electrons. The van der Waals surface area contributed by atoms with Crippen LogP contribution in [0.1, 0.15) is 13.8 Å². The number of carbonyl (C=O) groups excluding carboxylic acids is 1. The lowest BCUT2D eigenvalue weighted by atomic mass is 10.2. The smallest absolute Gasteiger partial charge is 0.261 e.